The van der Waals surface area contributed by atoms with Gasteiger partial charge in [-0.25, -0.2) is 4.79 Å². The molecule has 0 heterocycles. The Morgan fingerprint density at radius 2 is 2.00 bits per heavy atom. The van der Waals surface area contributed by atoms with Crippen LogP contribution in [-0.4, -0.2) is 12.6 Å². The van der Waals surface area contributed by atoms with Gasteiger partial charge in [-0.05, 0) is 78.2 Å². The molecule has 168 valence electrons. The molecule has 31 heavy (non-hydrogen) atoms. The average molecular weight is 421 g/mol. The van der Waals surface area contributed by atoms with Gasteiger partial charge in [-0.1, -0.05) is 77.5 Å². The van der Waals surface area contributed by atoms with Gasteiger partial charge < -0.3 is 4.74 Å². The molecule has 2 nitrogen and oxygen atoms in total. The molecule has 1 saturated carbocycles. The third-order valence-electron chi connectivity index (χ3n) is 7.14. The zero-order valence-corrected chi connectivity index (χ0v) is 20.5. The van der Waals surface area contributed by atoms with Crippen molar-refractivity contribution in [2.75, 3.05) is 6.61 Å². The van der Waals surface area contributed by atoms with Crippen LogP contribution in [0.25, 0.3) is 5.57 Å². The average Bonchev–Trinajstić information content (AvgIpc) is 3.40. The summed E-state index contributed by atoms with van der Waals surface area (Å²) < 4.78 is 5.03. The van der Waals surface area contributed by atoms with Gasteiger partial charge in [-0.15, -0.1) is 0 Å². The van der Waals surface area contributed by atoms with Gasteiger partial charge in [-0.3, -0.25) is 0 Å². The molecule has 1 fully saturated rings. The van der Waals surface area contributed by atoms with E-state index in [0.29, 0.717) is 18.4 Å². The van der Waals surface area contributed by atoms with E-state index >= 15 is 0 Å². The highest BCUT2D eigenvalue weighted by molar-refractivity contribution is 5.83. The Bertz CT molecular complexity index is 913. The molecule has 0 amide bonds. The van der Waals surface area contributed by atoms with Gasteiger partial charge in [-0.2, -0.15) is 0 Å². The quantitative estimate of drug-likeness (QED) is 0.247. The van der Waals surface area contributed by atoms with Crippen LogP contribution in [0, 0.1) is 11.8 Å². The number of hydrogen-bond acceptors (Lipinski definition) is 2. The molecule has 2 unspecified atom stereocenters. The molecule has 1 aromatic carbocycles. The maximum Gasteiger partial charge on any atom is 0.330 e. The van der Waals surface area contributed by atoms with Gasteiger partial charge >= 0.3 is 5.97 Å². The van der Waals surface area contributed by atoms with Crippen molar-refractivity contribution in [2.24, 2.45) is 11.8 Å². The van der Waals surface area contributed by atoms with E-state index in [1.165, 1.54) is 41.5 Å². The van der Waals surface area contributed by atoms with Crippen LogP contribution in [0.2, 0.25) is 0 Å². The van der Waals surface area contributed by atoms with Gasteiger partial charge in [0.15, 0.2) is 0 Å². The van der Waals surface area contributed by atoms with Crippen molar-refractivity contribution < 1.29 is 9.53 Å². The van der Waals surface area contributed by atoms with Crippen LogP contribution in [0.3, 0.4) is 0 Å². The van der Waals surface area contributed by atoms with E-state index in [-0.39, 0.29) is 16.8 Å². The number of ether oxygens (including phenoxy) is 1. The third kappa shape index (κ3) is 4.89. The van der Waals surface area contributed by atoms with Crippen molar-refractivity contribution in [1.29, 1.82) is 0 Å². The summed E-state index contributed by atoms with van der Waals surface area (Å²) in [6, 6.07) is 7.31. The summed E-state index contributed by atoms with van der Waals surface area (Å²) in [6.45, 7) is 15.8. The maximum atomic E-state index is 11.7. The minimum Gasteiger partial charge on any atom is -0.463 e. The van der Waals surface area contributed by atoms with Crippen molar-refractivity contribution in [3.63, 3.8) is 0 Å². The first kappa shape index (κ1) is 23.6. The predicted octanol–water partition coefficient (Wildman–Crippen LogP) is 7.53. The number of rotatable bonds is 8. The van der Waals surface area contributed by atoms with Crippen molar-refractivity contribution in [3.8, 4) is 0 Å². The molecule has 0 bridgehead atoms. The lowest BCUT2D eigenvalue weighted by atomic mass is 9.70. The predicted molar refractivity (Wildman–Crippen MR) is 131 cm³/mol. The second-order valence-corrected chi connectivity index (χ2v) is 10.4. The summed E-state index contributed by atoms with van der Waals surface area (Å²) in [7, 11) is 0. The number of esters is 1. The van der Waals surface area contributed by atoms with Crippen LogP contribution < -0.4 is 0 Å². The van der Waals surface area contributed by atoms with E-state index < -0.39 is 0 Å². The summed E-state index contributed by atoms with van der Waals surface area (Å²) in [4.78, 5) is 11.7. The number of carbonyl (C=O) groups excluding carboxylic acids is 1. The SMILES string of the molecule is CCCC1(c2ccc3c(c2)C(C(C)C)=CCC3(C)C)CC1/C=C/C(C)=C/C(=O)OCC. The molecule has 0 spiro atoms. The minimum absolute atomic E-state index is 0.196. The zero-order chi connectivity index (χ0) is 22.8. The van der Waals surface area contributed by atoms with E-state index in [1.807, 2.05) is 13.8 Å². The number of carbonyl (C=O) groups is 1. The second kappa shape index (κ2) is 9.18. The van der Waals surface area contributed by atoms with Gasteiger partial charge in [0.25, 0.3) is 0 Å². The molecule has 0 radical (unpaired) electrons. The minimum atomic E-state index is -0.259. The molecule has 3 rings (SSSR count). The fourth-order valence-electron chi connectivity index (χ4n) is 5.30. The van der Waals surface area contributed by atoms with Crippen LogP contribution in [0.1, 0.15) is 90.8 Å². The number of hydrogen-bond donors (Lipinski definition) is 0. The van der Waals surface area contributed by atoms with Gasteiger partial charge in [0.2, 0.25) is 0 Å². The lowest BCUT2D eigenvalue weighted by Crippen LogP contribution is -2.23. The van der Waals surface area contributed by atoms with Gasteiger partial charge in [0.05, 0.1) is 6.61 Å². The van der Waals surface area contributed by atoms with Gasteiger partial charge in [0, 0.05) is 11.5 Å². The summed E-state index contributed by atoms with van der Waals surface area (Å²) >= 11 is 0. The summed E-state index contributed by atoms with van der Waals surface area (Å²) in [6.07, 6.45) is 13.1. The molecule has 0 aliphatic heterocycles. The summed E-state index contributed by atoms with van der Waals surface area (Å²) in [5, 5.41) is 0. The first-order chi connectivity index (χ1) is 14.6. The molecular formula is C29H40O2. The van der Waals surface area contributed by atoms with E-state index in [0.717, 1.165) is 12.0 Å². The highest BCUT2D eigenvalue weighted by atomic mass is 16.5. The van der Waals surface area contributed by atoms with Crippen molar-refractivity contribution in [1.82, 2.24) is 0 Å². The Balaban J connectivity index is 1.90. The first-order valence-electron chi connectivity index (χ1n) is 12.0. The largest absolute Gasteiger partial charge is 0.463 e. The fourth-order valence-corrected chi connectivity index (χ4v) is 5.30. The molecule has 0 saturated heterocycles. The topological polar surface area (TPSA) is 26.3 Å². The van der Waals surface area contributed by atoms with E-state index in [2.05, 4.69) is 71.0 Å². The third-order valence-corrected chi connectivity index (χ3v) is 7.14. The maximum absolute atomic E-state index is 11.7. The summed E-state index contributed by atoms with van der Waals surface area (Å²) in [5.41, 5.74) is 7.33. The van der Waals surface area contributed by atoms with E-state index in [9.17, 15) is 4.79 Å². The Morgan fingerprint density at radius 1 is 1.26 bits per heavy atom. The van der Waals surface area contributed by atoms with E-state index in [4.69, 9.17) is 4.74 Å². The van der Waals surface area contributed by atoms with Crippen molar-refractivity contribution >= 4 is 11.5 Å². The number of allylic oxidation sites excluding steroid dienone is 5. The Morgan fingerprint density at radius 3 is 2.65 bits per heavy atom. The highest BCUT2D eigenvalue weighted by Gasteiger charge is 2.53. The molecule has 1 aromatic rings. The zero-order valence-electron chi connectivity index (χ0n) is 20.5. The second-order valence-electron chi connectivity index (χ2n) is 10.4. The molecule has 0 aromatic heterocycles. The Labute approximate surface area is 189 Å². The highest BCUT2D eigenvalue weighted by Crippen LogP contribution is 2.59. The number of fused-ring (bicyclic) bond motifs is 1. The fraction of sp³-hybridized carbons (Fsp3) is 0.552. The normalized spacial score (nSPS) is 24.8. The smallest absolute Gasteiger partial charge is 0.330 e. The monoisotopic (exact) mass is 420 g/mol. The van der Waals surface area contributed by atoms with Crippen molar-refractivity contribution in [2.45, 2.75) is 85.0 Å². The first-order valence-corrected chi connectivity index (χ1v) is 12.0. The van der Waals surface area contributed by atoms with Crippen LogP contribution in [0.5, 0.6) is 0 Å². The molecule has 2 heteroatoms. The van der Waals surface area contributed by atoms with E-state index in [1.54, 1.807) is 6.08 Å². The molecule has 2 atom stereocenters. The Kier molecular flexibility index (Phi) is 6.98. The Hall–Kier alpha value is -2.09. The van der Waals surface area contributed by atoms with Crippen LogP contribution >= 0.6 is 0 Å². The van der Waals surface area contributed by atoms with Crippen LogP contribution in [-0.2, 0) is 20.4 Å². The van der Waals surface area contributed by atoms with Crippen LogP contribution in [0.4, 0.5) is 0 Å². The molecule has 0 N–H and O–H groups in total. The molecular weight excluding hydrogens is 380 g/mol. The molecule has 2 aliphatic rings. The van der Waals surface area contributed by atoms with Crippen LogP contribution in [0.15, 0.2) is 48.1 Å². The standard InChI is InChI=1S/C29H40O2/c1-8-15-29(19-23(29)11-10-21(5)17-27(30)31-9-2)22-12-13-26-25(18-22)24(20(3)4)14-16-28(26,6)7/h10-14,17-18,20,23H,8-9,15-16,19H2,1-7H3/b11-10+,21-17+. The van der Waals surface area contributed by atoms with Crippen molar-refractivity contribution in [3.05, 3.63) is 64.8 Å². The lowest BCUT2D eigenvalue weighted by molar-refractivity contribution is -0.137. The molecule has 2 aliphatic carbocycles. The van der Waals surface area contributed by atoms with Gasteiger partial charge in [0.1, 0.15) is 0 Å². The summed E-state index contributed by atoms with van der Waals surface area (Å²) in [5.74, 6) is 0.808. The lowest BCUT2D eigenvalue weighted by Gasteiger charge is -2.34. The number of benzene rings is 1.